The Balaban J connectivity index is 1.83. The molecule has 1 aromatic carbocycles. The molecule has 1 atom stereocenters. The normalized spacial score (nSPS) is 24.0. The molecule has 1 amide bonds. The maximum atomic E-state index is 15.5. The van der Waals surface area contributed by atoms with Gasteiger partial charge in [-0.1, -0.05) is 0 Å². The van der Waals surface area contributed by atoms with Crippen molar-refractivity contribution in [1.29, 1.82) is 0 Å². The summed E-state index contributed by atoms with van der Waals surface area (Å²) in [5.74, 6) is -0.0121. The molecule has 1 aromatic rings. The average Bonchev–Trinajstić information content (AvgIpc) is 2.73. The Bertz CT molecular complexity index is 827. The minimum absolute atomic E-state index is 0.00114. The van der Waals surface area contributed by atoms with Crippen LogP contribution < -0.4 is 9.47 Å². The zero-order valence-electron chi connectivity index (χ0n) is 16.0. The van der Waals surface area contributed by atoms with Crippen molar-refractivity contribution in [3.8, 4) is 11.5 Å². The standard InChI is InChI=1S/C18H25FN2O6S/c1-25-15-5-4-14(12-16(15)26-2)28(23,24)21-7-3-6-18(19,13-21)17(22)20-8-10-27-11-9-20/h4-5,12H,3,6-11,13H2,1-2H3. The summed E-state index contributed by atoms with van der Waals surface area (Å²) in [6.07, 6.45) is 0.264. The number of halogens is 1. The predicted octanol–water partition coefficient (Wildman–Crippen LogP) is 1.06. The van der Waals surface area contributed by atoms with E-state index in [9.17, 15) is 13.2 Å². The van der Waals surface area contributed by atoms with Crippen molar-refractivity contribution in [2.45, 2.75) is 23.4 Å². The summed E-state index contributed by atoms with van der Waals surface area (Å²) in [4.78, 5) is 14.1. The summed E-state index contributed by atoms with van der Waals surface area (Å²) >= 11 is 0. The quantitative estimate of drug-likeness (QED) is 0.714. The highest BCUT2D eigenvalue weighted by Gasteiger charge is 2.48. The first-order valence-corrected chi connectivity index (χ1v) is 10.5. The minimum atomic E-state index is -3.99. The van der Waals surface area contributed by atoms with Crippen LogP contribution in [0, 0.1) is 0 Å². The van der Waals surface area contributed by atoms with E-state index in [1.54, 1.807) is 0 Å². The molecule has 2 saturated heterocycles. The smallest absolute Gasteiger partial charge is 0.261 e. The van der Waals surface area contributed by atoms with Crippen LogP contribution in [0.2, 0.25) is 0 Å². The number of piperidine rings is 1. The highest BCUT2D eigenvalue weighted by atomic mass is 32.2. The summed E-state index contributed by atoms with van der Waals surface area (Å²) in [5.41, 5.74) is -2.24. The van der Waals surface area contributed by atoms with Crippen molar-refractivity contribution >= 4 is 15.9 Å². The van der Waals surface area contributed by atoms with Crippen LogP contribution in [0.5, 0.6) is 11.5 Å². The second-order valence-corrected chi connectivity index (χ2v) is 8.77. The number of morpholine rings is 1. The van der Waals surface area contributed by atoms with Gasteiger partial charge < -0.3 is 19.1 Å². The van der Waals surface area contributed by atoms with E-state index in [-0.39, 0.29) is 30.0 Å². The number of nitrogens with zero attached hydrogens (tertiary/aromatic N) is 2. The lowest BCUT2D eigenvalue weighted by Gasteiger charge is -2.39. The molecule has 0 N–H and O–H groups in total. The molecule has 2 aliphatic heterocycles. The van der Waals surface area contributed by atoms with Gasteiger partial charge in [-0.3, -0.25) is 4.79 Å². The van der Waals surface area contributed by atoms with Crippen molar-refractivity contribution in [2.75, 3.05) is 53.6 Å². The van der Waals surface area contributed by atoms with Gasteiger partial charge in [0, 0.05) is 25.7 Å². The third-order valence-corrected chi connectivity index (χ3v) is 6.92. The fourth-order valence-electron chi connectivity index (χ4n) is 3.53. The lowest BCUT2D eigenvalue weighted by Crippen LogP contribution is -2.58. The van der Waals surface area contributed by atoms with Crippen LogP contribution >= 0.6 is 0 Å². The number of carbonyl (C=O) groups is 1. The van der Waals surface area contributed by atoms with Gasteiger partial charge >= 0.3 is 0 Å². The van der Waals surface area contributed by atoms with Gasteiger partial charge in [0.2, 0.25) is 15.7 Å². The van der Waals surface area contributed by atoms with Crippen molar-refractivity contribution < 1.29 is 31.8 Å². The molecule has 0 aliphatic carbocycles. The van der Waals surface area contributed by atoms with Crippen LogP contribution in [0.25, 0.3) is 0 Å². The van der Waals surface area contributed by atoms with E-state index in [1.165, 1.54) is 37.3 Å². The zero-order chi connectivity index (χ0) is 20.4. The third-order valence-electron chi connectivity index (χ3n) is 5.08. The van der Waals surface area contributed by atoms with E-state index in [0.717, 1.165) is 4.31 Å². The van der Waals surface area contributed by atoms with Crippen LogP contribution in [0.15, 0.2) is 23.1 Å². The monoisotopic (exact) mass is 416 g/mol. The second-order valence-electron chi connectivity index (χ2n) is 6.83. The topological polar surface area (TPSA) is 85.4 Å². The summed E-state index contributed by atoms with van der Waals surface area (Å²) in [6, 6.07) is 4.21. The Morgan fingerprint density at radius 3 is 2.46 bits per heavy atom. The van der Waals surface area contributed by atoms with Crippen LogP contribution in [0.1, 0.15) is 12.8 Å². The summed E-state index contributed by atoms with van der Waals surface area (Å²) in [7, 11) is -1.14. The number of rotatable bonds is 5. The fraction of sp³-hybridized carbons (Fsp3) is 0.611. The Labute approximate surface area is 164 Å². The molecule has 2 aliphatic rings. The van der Waals surface area contributed by atoms with Gasteiger partial charge in [-0.05, 0) is 25.0 Å². The molecule has 8 nitrogen and oxygen atoms in total. The van der Waals surface area contributed by atoms with E-state index in [2.05, 4.69) is 0 Å². The van der Waals surface area contributed by atoms with Gasteiger partial charge in [0.1, 0.15) is 0 Å². The Kier molecular flexibility index (Phi) is 6.11. The molecule has 3 rings (SSSR count). The molecule has 2 fully saturated rings. The lowest BCUT2D eigenvalue weighted by atomic mass is 9.94. The minimum Gasteiger partial charge on any atom is -0.493 e. The van der Waals surface area contributed by atoms with Gasteiger partial charge in [-0.25, -0.2) is 12.8 Å². The van der Waals surface area contributed by atoms with Crippen molar-refractivity contribution in [3.05, 3.63) is 18.2 Å². The average molecular weight is 416 g/mol. The van der Waals surface area contributed by atoms with Gasteiger partial charge in [0.15, 0.2) is 11.5 Å². The number of hydrogen-bond acceptors (Lipinski definition) is 6. The molecule has 0 aromatic heterocycles. The van der Waals surface area contributed by atoms with E-state index in [1.807, 2.05) is 0 Å². The largest absolute Gasteiger partial charge is 0.493 e. The van der Waals surface area contributed by atoms with Crippen LogP contribution in [-0.4, -0.2) is 82.8 Å². The van der Waals surface area contributed by atoms with Crippen LogP contribution in [0.4, 0.5) is 4.39 Å². The molecule has 0 bridgehead atoms. The number of carbonyl (C=O) groups excluding carboxylic acids is 1. The van der Waals surface area contributed by atoms with Gasteiger partial charge in [0.05, 0.1) is 38.9 Å². The molecule has 28 heavy (non-hydrogen) atoms. The fourth-order valence-corrected chi connectivity index (χ4v) is 5.07. The first kappa shape index (κ1) is 20.8. The molecule has 0 radical (unpaired) electrons. The van der Waals surface area contributed by atoms with E-state index < -0.39 is 28.1 Å². The van der Waals surface area contributed by atoms with Crippen LogP contribution in [-0.2, 0) is 19.6 Å². The molecule has 0 saturated carbocycles. The van der Waals surface area contributed by atoms with E-state index >= 15 is 4.39 Å². The lowest BCUT2D eigenvalue weighted by molar-refractivity contribution is -0.150. The molecule has 0 spiro atoms. The molecular formula is C18H25FN2O6S. The number of alkyl halides is 1. The van der Waals surface area contributed by atoms with Crippen molar-refractivity contribution in [2.24, 2.45) is 0 Å². The number of ether oxygens (including phenoxy) is 3. The highest BCUT2D eigenvalue weighted by Crippen LogP contribution is 2.34. The maximum absolute atomic E-state index is 15.5. The van der Waals surface area contributed by atoms with E-state index in [0.29, 0.717) is 32.1 Å². The molecule has 10 heteroatoms. The Hall–Kier alpha value is -1.91. The third kappa shape index (κ3) is 3.94. The summed E-state index contributed by atoms with van der Waals surface area (Å²) in [5, 5.41) is 0. The highest BCUT2D eigenvalue weighted by molar-refractivity contribution is 7.89. The number of methoxy groups -OCH3 is 2. The SMILES string of the molecule is COc1ccc(S(=O)(=O)N2CCCC(F)(C(=O)N3CCOCC3)C2)cc1OC. The van der Waals surface area contributed by atoms with Gasteiger partial charge in [-0.15, -0.1) is 0 Å². The molecule has 1 unspecified atom stereocenters. The van der Waals surface area contributed by atoms with Crippen molar-refractivity contribution in [3.63, 3.8) is 0 Å². The molecular weight excluding hydrogens is 391 g/mol. The zero-order valence-corrected chi connectivity index (χ0v) is 16.8. The van der Waals surface area contributed by atoms with Crippen LogP contribution in [0.3, 0.4) is 0 Å². The number of sulfonamides is 1. The summed E-state index contributed by atoms with van der Waals surface area (Å²) in [6.45, 7) is 0.990. The molecule has 156 valence electrons. The first-order valence-electron chi connectivity index (χ1n) is 9.10. The number of amides is 1. The second kappa shape index (κ2) is 8.22. The Morgan fingerprint density at radius 2 is 1.82 bits per heavy atom. The molecule has 2 heterocycles. The van der Waals surface area contributed by atoms with Gasteiger partial charge in [-0.2, -0.15) is 4.31 Å². The summed E-state index contributed by atoms with van der Waals surface area (Å²) < 4.78 is 58.2. The maximum Gasteiger partial charge on any atom is 0.261 e. The first-order chi connectivity index (χ1) is 13.3. The number of hydrogen-bond donors (Lipinski definition) is 0. The Morgan fingerprint density at radius 1 is 1.14 bits per heavy atom. The van der Waals surface area contributed by atoms with Gasteiger partial charge in [0.25, 0.3) is 5.91 Å². The number of benzene rings is 1. The van der Waals surface area contributed by atoms with E-state index in [4.69, 9.17) is 14.2 Å². The predicted molar refractivity (Wildman–Crippen MR) is 98.8 cm³/mol. The van der Waals surface area contributed by atoms with Crippen molar-refractivity contribution in [1.82, 2.24) is 9.21 Å².